The molecule has 4 heteroatoms. The first-order valence-electron chi connectivity index (χ1n) is 4.29. The summed E-state index contributed by atoms with van der Waals surface area (Å²) < 4.78 is 0. The fourth-order valence-electron chi connectivity index (χ4n) is 0.933. The SMILES string of the molecule is C#CCNCC(=O)N(CC)CCO. The van der Waals surface area contributed by atoms with Crippen molar-refractivity contribution in [1.82, 2.24) is 10.2 Å². The largest absolute Gasteiger partial charge is 0.395 e. The minimum absolute atomic E-state index is 0.00524. The number of aliphatic hydroxyl groups is 1. The molecule has 13 heavy (non-hydrogen) atoms. The first-order valence-corrected chi connectivity index (χ1v) is 4.29. The molecule has 0 atom stereocenters. The minimum atomic E-state index is -0.0354. The number of carbonyl (C=O) groups is 1. The lowest BCUT2D eigenvalue weighted by Crippen LogP contribution is -2.39. The lowest BCUT2D eigenvalue weighted by molar-refractivity contribution is -0.130. The van der Waals surface area contributed by atoms with Crippen molar-refractivity contribution < 1.29 is 9.90 Å². The highest BCUT2D eigenvalue weighted by molar-refractivity contribution is 5.78. The smallest absolute Gasteiger partial charge is 0.236 e. The topological polar surface area (TPSA) is 52.6 Å². The number of likely N-dealkylation sites (N-methyl/N-ethyl adjacent to an activating group) is 1. The predicted octanol–water partition coefficient (Wildman–Crippen LogP) is -0.950. The summed E-state index contributed by atoms with van der Waals surface area (Å²) in [6.07, 6.45) is 5.00. The van der Waals surface area contributed by atoms with Gasteiger partial charge in [0.05, 0.1) is 19.7 Å². The molecule has 0 saturated carbocycles. The molecule has 2 N–H and O–H groups in total. The molecule has 0 fully saturated rings. The van der Waals surface area contributed by atoms with Gasteiger partial charge in [0.2, 0.25) is 5.91 Å². The molecule has 0 aromatic rings. The van der Waals surface area contributed by atoms with Crippen LogP contribution in [0.2, 0.25) is 0 Å². The highest BCUT2D eigenvalue weighted by atomic mass is 16.3. The van der Waals surface area contributed by atoms with Crippen LogP contribution >= 0.6 is 0 Å². The summed E-state index contributed by atoms with van der Waals surface area (Å²) in [5, 5.41) is 11.4. The van der Waals surface area contributed by atoms with Crippen molar-refractivity contribution in [3.63, 3.8) is 0 Å². The van der Waals surface area contributed by atoms with Crippen LogP contribution in [0.4, 0.5) is 0 Å². The van der Waals surface area contributed by atoms with E-state index < -0.39 is 0 Å². The van der Waals surface area contributed by atoms with E-state index in [9.17, 15) is 4.79 Å². The molecular formula is C9H16N2O2. The van der Waals surface area contributed by atoms with Crippen LogP contribution < -0.4 is 5.32 Å². The van der Waals surface area contributed by atoms with Gasteiger partial charge >= 0.3 is 0 Å². The Morgan fingerprint density at radius 2 is 2.38 bits per heavy atom. The van der Waals surface area contributed by atoms with E-state index in [2.05, 4.69) is 11.2 Å². The van der Waals surface area contributed by atoms with Gasteiger partial charge in [-0.2, -0.15) is 0 Å². The molecule has 0 unspecified atom stereocenters. The zero-order chi connectivity index (χ0) is 10.1. The average molecular weight is 184 g/mol. The van der Waals surface area contributed by atoms with Crippen LogP contribution in [-0.4, -0.2) is 48.7 Å². The average Bonchev–Trinajstić information content (AvgIpc) is 2.14. The highest BCUT2D eigenvalue weighted by Gasteiger charge is 2.08. The first-order chi connectivity index (χ1) is 6.26. The third-order valence-electron chi connectivity index (χ3n) is 1.61. The summed E-state index contributed by atoms with van der Waals surface area (Å²) in [5.74, 6) is 2.35. The van der Waals surface area contributed by atoms with Gasteiger partial charge in [-0.25, -0.2) is 0 Å². The summed E-state index contributed by atoms with van der Waals surface area (Å²) in [7, 11) is 0. The molecule has 0 aliphatic rings. The van der Waals surface area contributed by atoms with E-state index in [-0.39, 0.29) is 19.1 Å². The molecule has 0 bridgehead atoms. The second-order valence-electron chi connectivity index (χ2n) is 2.50. The third-order valence-corrected chi connectivity index (χ3v) is 1.61. The Hall–Kier alpha value is -1.05. The third kappa shape index (κ3) is 5.23. The van der Waals surface area contributed by atoms with E-state index >= 15 is 0 Å². The summed E-state index contributed by atoms with van der Waals surface area (Å²) in [6.45, 7) is 3.48. The zero-order valence-electron chi connectivity index (χ0n) is 7.92. The van der Waals surface area contributed by atoms with Crippen LogP contribution in [0.25, 0.3) is 0 Å². The Bertz CT molecular complexity index is 187. The number of nitrogens with one attached hydrogen (secondary N) is 1. The Kier molecular flexibility index (Phi) is 6.98. The van der Waals surface area contributed by atoms with Gasteiger partial charge in [0, 0.05) is 13.1 Å². The minimum Gasteiger partial charge on any atom is -0.395 e. The molecule has 74 valence electrons. The van der Waals surface area contributed by atoms with E-state index in [0.29, 0.717) is 19.6 Å². The van der Waals surface area contributed by atoms with Crippen molar-refractivity contribution in [3.05, 3.63) is 0 Å². The molecule has 0 radical (unpaired) electrons. The van der Waals surface area contributed by atoms with E-state index in [1.54, 1.807) is 4.90 Å². The number of carbonyl (C=O) groups excluding carboxylic acids is 1. The lowest BCUT2D eigenvalue weighted by atomic mass is 10.4. The molecule has 0 aromatic heterocycles. The van der Waals surface area contributed by atoms with E-state index in [1.165, 1.54) is 0 Å². The molecule has 4 nitrogen and oxygen atoms in total. The molecule has 0 aliphatic heterocycles. The van der Waals surface area contributed by atoms with Crippen molar-refractivity contribution >= 4 is 5.91 Å². The van der Waals surface area contributed by atoms with Crippen LogP contribution in [0.5, 0.6) is 0 Å². The lowest BCUT2D eigenvalue weighted by Gasteiger charge is -2.19. The number of hydrogen-bond donors (Lipinski definition) is 2. The van der Waals surface area contributed by atoms with Gasteiger partial charge in [0.15, 0.2) is 0 Å². The van der Waals surface area contributed by atoms with Crippen molar-refractivity contribution in [2.24, 2.45) is 0 Å². The molecule has 0 aromatic carbocycles. The van der Waals surface area contributed by atoms with Gasteiger partial charge in [-0.1, -0.05) is 5.92 Å². The quantitative estimate of drug-likeness (QED) is 0.413. The Labute approximate surface area is 78.9 Å². The normalized spacial score (nSPS) is 9.31. The Balaban J connectivity index is 3.72. The maximum absolute atomic E-state index is 11.3. The van der Waals surface area contributed by atoms with E-state index in [4.69, 9.17) is 11.5 Å². The second kappa shape index (κ2) is 7.59. The van der Waals surface area contributed by atoms with Crippen LogP contribution in [0.1, 0.15) is 6.92 Å². The van der Waals surface area contributed by atoms with Gasteiger partial charge in [-0.3, -0.25) is 10.1 Å². The van der Waals surface area contributed by atoms with Crippen LogP contribution in [0, 0.1) is 12.3 Å². The van der Waals surface area contributed by atoms with E-state index in [1.807, 2.05) is 6.92 Å². The van der Waals surface area contributed by atoms with E-state index in [0.717, 1.165) is 0 Å². The fourth-order valence-corrected chi connectivity index (χ4v) is 0.933. The van der Waals surface area contributed by atoms with Crippen LogP contribution in [-0.2, 0) is 4.79 Å². The summed E-state index contributed by atoms with van der Waals surface area (Å²) >= 11 is 0. The van der Waals surface area contributed by atoms with Gasteiger partial charge in [0.25, 0.3) is 0 Å². The predicted molar refractivity (Wildman–Crippen MR) is 51.0 cm³/mol. The van der Waals surface area contributed by atoms with Crippen molar-refractivity contribution in [2.45, 2.75) is 6.92 Å². The van der Waals surface area contributed by atoms with Crippen LogP contribution in [0.3, 0.4) is 0 Å². The van der Waals surface area contributed by atoms with Crippen molar-refractivity contribution in [2.75, 3.05) is 32.8 Å². The second-order valence-corrected chi connectivity index (χ2v) is 2.50. The molecule has 0 saturated heterocycles. The maximum atomic E-state index is 11.3. The van der Waals surface area contributed by atoms with Crippen LogP contribution in [0.15, 0.2) is 0 Å². The number of hydrogen-bond acceptors (Lipinski definition) is 3. The highest BCUT2D eigenvalue weighted by Crippen LogP contribution is 1.87. The van der Waals surface area contributed by atoms with Gasteiger partial charge in [-0.05, 0) is 6.92 Å². The number of terminal acetylenes is 1. The first kappa shape index (κ1) is 11.9. The molecule has 0 aliphatic carbocycles. The monoisotopic (exact) mass is 184 g/mol. The number of rotatable bonds is 6. The Morgan fingerprint density at radius 3 is 2.85 bits per heavy atom. The van der Waals surface area contributed by atoms with Gasteiger partial charge in [0.1, 0.15) is 0 Å². The molecule has 0 heterocycles. The van der Waals surface area contributed by atoms with Gasteiger partial charge < -0.3 is 10.0 Å². The summed E-state index contributed by atoms with van der Waals surface area (Å²) in [6, 6.07) is 0. The molecular weight excluding hydrogens is 168 g/mol. The summed E-state index contributed by atoms with van der Waals surface area (Å²) in [4.78, 5) is 12.9. The zero-order valence-corrected chi connectivity index (χ0v) is 7.92. The molecule has 0 rings (SSSR count). The molecule has 0 spiro atoms. The summed E-state index contributed by atoms with van der Waals surface area (Å²) in [5.41, 5.74) is 0. The standard InChI is InChI=1S/C9H16N2O2/c1-3-5-10-8-9(13)11(4-2)6-7-12/h1,10,12H,4-8H2,2H3. The van der Waals surface area contributed by atoms with Crippen molar-refractivity contribution in [1.29, 1.82) is 0 Å². The number of nitrogens with zero attached hydrogens (tertiary/aromatic N) is 1. The van der Waals surface area contributed by atoms with Gasteiger partial charge in [-0.15, -0.1) is 6.42 Å². The molecule has 1 amide bonds. The number of aliphatic hydroxyl groups excluding tert-OH is 1. The maximum Gasteiger partial charge on any atom is 0.236 e. The number of amides is 1. The fraction of sp³-hybridized carbons (Fsp3) is 0.667. The van der Waals surface area contributed by atoms with Crippen molar-refractivity contribution in [3.8, 4) is 12.3 Å². The Morgan fingerprint density at radius 1 is 1.69 bits per heavy atom.